The van der Waals surface area contributed by atoms with Gasteiger partial charge in [0.2, 0.25) is 0 Å². The lowest BCUT2D eigenvalue weighted by Gasteiger charge is -2.40. The van der Waals surface area contributed by atoms with Gasteiger partial charge in [-0.05, 0) is 6.07 Å². The summed E-state index contributed by atoms with van der Waals surface area (Å²) in [4.78, 5) is 21.4. The summed E-state index contributed by atoms with van der Waals surface area (Å²) in [5, 5.41) is 0.274. The number of hydrogen-bond donors (Lipinski definition) is 0. The first-order chi connectivity index (χ1) is 15.9. The fourth-order valence-electron chi connectivity index (χ4n) is 4.89. The molecule has 0 saturated carbocycles. The van der Waals surface area contributed by atoms with Gasteiger partial charge in [0.1, 0.15) is 17.6 Å². The van der Waals surface area contributed by atoms with Crippen LogP contribution < -0.4 is 4.90 Å². The van der Waals surface area contributed by atoms with Gasteiger partial charge in [0.25, 0.3) is 5.91 Å². The Morgan fingerprint density at radius 3 is 2.39 bits per heavy atom. The van der Waals surface area contributed by atoms with Crippen molar-refractivity contribution in [2.24, 2.45) is 0 Å². The third-order valence-corrected chi connectivity index (χ3v) is 7.73. The van der Waals surface area contributed by atoms with Gasteiger partial charge in [-0.15, -0.1) is 4.31 Å². The molecule has 178 valence electrons. The summed E-state index contributed by atoms with van der Waals surface area (Å²) in [6.45, 7) is 3.95. The van der Waals surface area contributed by atoms with Crippen LogP contribution in [0, 0.1) is 11.6 Å². The number of amides is 1. The number of piperazine rings is 1. The van der Waals surface area contributed by atoms with E-state index in [0.717, 1.165) is 6.07 Å². The van der Waals surface area contributed by atoms with Gasteiger partial charge in [-0.1, -0.05) is 0 Å². The Balaban J connectivity index is 1.50. The van der Waals surface area contributed by atoms with Crippen molar-refractivity contribution >= 4 is 33.9 Å². The third-order valence-electron chi connectivity index (χ3n) is 6.64. The molecular formula is C22H26F2N4O4S. The number of halogens is 2. The van der Waals surface area contributed by atoms with E-state index >= 15 is 0 Å². The van der Waals surface area contributed by atoms with Crippen LogP contribution in [0.1, 0.15) is 23.2 Å². The highest BCUT2D eigenvalue weighted by Crippen LogP contribution is 2.38. The standard InChI is InChI=1S/C22H26F2N4O4S/c1-33(30)28-8-6-27(7-9-28)21(29)17-14-25-19-16(12-15(23)13-18(19)24)20(17)26-4-2-22(3-5-26)31-10-11-32-22/h12-14H,2-11H2,1H3. The second kappa shape index (κ2) is 8.95. The topological polar surface area (TPSA) is 81.2 Å². The highest BCUT2D eigenvalue weighted by Gasteiger charge is 2.41. The molecule has 5 rings (SSSR count). The summed E-state index contributed by atoms with van der Waals surface area (Å²) in [5.74, 6) is -2.35. The Hall–Kier alpha value is -2.05. The lowest BCUT2D eigenvalue weighted by atomic mass is 9.99. The third kappa shape index (κ3) is 4.28. The van der Waals surface area contributed by atoms with Gasteiger partial charge < -0.3 is 23.8 Å². The molecule has 1 aromatic carbocycles. The first-order valence-corrected chi connectivity index (χ1v) is 12.6. The van der Waals surface area contributed by atoms with Crippen LogP contribution in [0.3, 0.4) is 0 Å². The first kappa shape index (κ1) is 22.7. The highest BCUT2D eigenvalue weighted by molar-refractivity contribution is 7.88. The van der Waals surface area contributed by atoms with Crippen molar-refractivity contribution in [2.45, 2.75) is 18.6 Å². The number of ether oxygens (including phenoxy) is 2. The number of fused-ring (bicyclic) bond motifs is 1. The molecule has 11 heteroatoms. The molecule has 3 aliphatic heterocycles. The predicted molar refractivity (Wildman–Crippen MR) is 119 cm³/mol. The Bertz CT molecular complexity index is 1050. The second-order valence-electron chi connectivity index (χ2n) is 8.54. The van der Waals surface area contributed by atoms with Gasteiger partial charge in [-0.3, -0.25) is 9.78 Å². The van der Waals surface area contributed by atoms with Crippen LogP contribution in [0.4, 0.5) is 14.5 Å². The van der Waals surface area contributed by atoms with Gasteiger partial charge in [-0.25, -0.2) is 8.78 Å². The number of carbonyl (C=O) groups excluding carboxylic acids is 1. The van der Waals surface area contributed by atoms with Crippen LogP contribution in [-0.2, 0) is 20.8 Å². The number of pyridine rings is 1. The number of nitrogens with zero attached hydrogens (tertiary/aromatic N) is 4. The fourth-order valence-corrected chi connectivity index (χ4v) is 5.56. The number of carbonyl (C=O) groups is 1. The zero-order valence-corrected chi connectivity index (χ0v) is 19.2. The maximum Gasteiger partial charge on any atom is 0.257 e. The van der Waals surface area contributed by atoms with Crippen LogP contribution in [0.2, 0.25) is 0 Å². The lowest BCUT2D eigenvalue weighted by Crippen LogP contribution is -2.50. The molecule has 1 unspecified atom stereocenters. The molecule has 1 amide bonds. The largest absolute Gasteiger partial charge is 0.598 e. The number of anilines is 1. The Morgan fingerprint density at radius 2 is 1.76 bits per heavy atom. The van der Waals surface area contributed by atoms with Crippen molar-refractivity contribution in [2.75, 3.05) is 63.6 Å². The minimum absolute atomic E-state index is 0.0304. The minimum Gasteiger partial charge on any atom is -0.598 e. The van der Waals surface area contributed by atoms with Crippen LogP contribution in [-0.4, -0.2) is 89.2 Å². The van der Waals surface area contributed by atoms with E-state index < -0.39 is 28.8 Å². The average molecular weight is 481 g/mol. The molecule has 33 heavy (non-hydrogen) atoms. The maximum atomic E-state index is 14.6. The molecule has 3 fully saturated rings. The van der Waals surface area contributed by atoms with Crippen LogP contribution in [0.5, 0.6) is 0 Å². The zero-order valence-electron chi connectivity index (χ0n) is 18.4. The zero-order chi connectivity index (χ0) is 23.2. The van der Waals surface area contributed by atoms with E-state index in [0.29, 0.717) is 76.6 Å². The first-order valence-electron chi connectivity index (χ1n) is 11.1. The van der Waals surface area contributed by atoms with E-state index in [1.54, 1.807) is 15.5 Å². The van der Waals surface area contributed by atoms with Crippen LogP contribution >= 0.6 is 0 Å². The molecule has 1 atom stereocenters. The summed E-state index contributed by atoms with van der Waals surface area (Å²) < 4.78 is 54.0. The van der Waals surface area contributed by atoms with Crippen LogP contribution in [0.15, 0.2) is 18.3 Å². The quantitative estimate of drug-likeness (QED) is 0.621. The Kier molecular flexibility index (Phi) is 6.17. The van der Waals surface area contributed by atoms with Gasteiger partial charge in [0.15, 0.2) is 11.6 Å². The SMILES string of the molecule is C[S+]([O-])N1CCN(C(=O)c2cnc3c(F)cc(F)cc3c2N2CCC3(CC2)OCCO3)CC1. The summed E-state index contributed by atoms with van der Waals surface area (Å²) in [7, 11) is 0. The normalized spacial score (nSPS) is 22.3. The van der Waals surface area contributed by atoms with Crippen LogP contribution in [0.25, 0.3) is 10.9 Å². The van der Waals surface area contributed by atoms with E-state index in [4.69, 9.17) is 9.47 Å². The number of benzene rings is 1. The van der Waals surface area contributed by atoms with E-state index in [1.165, 1.54) is 12.3 Å². The number of hydrogen-bond acceptors (Lipinski definition) is 7. The predicted octanol–water partition coefficient (Wildman–Crippen LogP) is 1.91. The summed E-state index contributed by atoms with van der Waals surface area (Å²) in [6.07, 6.45) is 4.18. The number of aromatic nitrogens is 1. The lowest BCUT2D eigenvalue weighted by molar-refractivity contribution is -0.169. The van der Waals surface area contributed by atoms with Gasteiger partial charge in [-0.2, -0.15) is 0 Å². The molecule has 3 saturated heterocycles. The summed E-state index contributed by atoms with van der Waals surface area (Å²) in [5.41, 5.74) is 0.823. The molecule has 0 N–H and O–H groups in total. The summed E-state index contributed by atoms with van der Waals surface area (Å²) >= 11 is -1.09. The second-order valence-corrected chi connectivity index (χ2v) is 9.91. The van der Waals surface area contributed by atoms with Crippen molar-refractivity contribution in [3.05, 3.63) is 35.5 Å². The molecule has 1 spiro atoms. The van der Waals surface area contributed by atoms with E-state index in [1.807, 2.05) is 4.90 Å². The van der Waals surface area contributed by atoms with Gasteiger partial charge in [0, 0.05) is 68.0 Å². The van der Waals surface area contributed by atoms with Crippen molar-refractivity contribution in [1.29, 1.82) is 0 Å². The molecule has 3 aliphatic rings. The molecule has 1 aromatic heterocycles. The summed E-state index contributed by atoms with van der Waals surface area (Å²) in [6, 6.07) is 2.04. The smallest absolute Gasteiger partial charge is 0.257 e. The fraction of sp³-hybridized carbons (Fsp3) is 0.545. The average Bonchev–Trinajstić information content (AvgIpc) is 3.26. The molecule has 0 radical (unpaired) electrons. The van der Waals surface area contributed by atoms with E-state index in [9.17, 15) is 18.1 Å². The molecule has 0 bridgehead atoms. The van der Waals surface area contributed by atoms with E-state index in [2.05, 4.69) is 4.98 Å². The van der Waals surface area contributed by atoms with Gasteiger partial charge in [0.05, 0.1) is 37.6 Å². The highest BCUT2D eigenvalue weighted by atomic mass is 32.2. The molecule has 8 nitrogen and oxygen atoms in total. The van der Waals surface area contributed by atoms with Crippen molar-refractivity contribution < 1.29 is 27.6 Å². The number of rotatable bonds is 3. The Labute approximate surface area is 193 Å². The minimum atomic E-state index is -1.09. The van der Waals surface area contributed by atoms with Crippen molar-refractivity contribution in [1.82, 2.24) is 14.2 Å². The Morgan fingerprint density at radius 1 is 1.09 bits per heavy atom. The van der Waals surface area contributed by atoms with Gasteiger partial charge >= 0.3 is 0 Å². The monoisotopic (exact) mass is 480 g/mol. The molecular weight excluding hydrogens is 454 g/mol. The van der Waals surface area contributed by atoms with Crippen molar-refractivity contribution in [3.63, 3.8) is 0 Å². The molecule has 4 heterocycles. The molecule has 2 aromatic rings. The van der Waals surface area contributed by atoms with E-state index in [-0.39, 0.29) is 16.8 Å². The maximum absolute atomic E-state index is 14.6. The number of piperidine rings is 1. The van der Waals surface area contributed by atoms with Crippen molar-refractivity contribution in [3.8, 4) is 0 Å². The molecule has 0 aliphatic carbocycles.